The first-order valence-electron chi connectivity index (χ1n) is 9.03. The van der Waals surface area contributed by atoms with E-state index < -0.39 is 10.0 Å². The number of aromatic nitrogens is 2. The first kappa shape index (κ1) is 20.9. The van der Waals surface area contributed by atoms with E-state index in [0.717, 1.165) is 40.9 Å². The van der Waals surface area contributed by atoms with Gasteiger partial charge in [0.25, 0.3) is 5.91 Å². The van der Waals surface area contributed by atoms with E-state index in [1.54, 1.807) is 48.9 Å². The van der Waals surface area contributed by atoms with Gasteiger partial charge < -0.3 is 5.32 Å². The van der Waals surface area contributed by atoms with E-state index in [2.05, 4.69) is 20.0 Å². The van der Waals surface area contributed by atoms with Gasteiger partial charge in [-0.2, -0.15) is 0 Å². The van der Waals surface area contributed by atoms with Crippen LogP contribution in [0.5, 0.6) is 0 Å². The molecule has 0 aliphatic rings. The molecule has 0 radical (unpaired) electrons. The van der Waals surface area contributed by atoms with Gasteiger partial charge in [0.1, 0.15) is 0 Å². The van der Waals surface area contributed by atoms with Crippen molar-refractivity contribution in [3.63, 3.8) is 0 Å². The Hall–Kier alpha value is -2.78. The topological polar surface area (TPSA) is 101 Å². The number of pyridine rings is 1. The largest absolute Gasteiger partial charge is 0.352 e. The fourth-order valence-electron chi connectivity index (χ4n) is 2.70. The van der Waals surface area contributed by atoms with E-state index in [9.17, 15) is 13.2 Å². The van der Waals surface area contributed by atoms with E-state index in [1.165, 1.54) is 0 Å². The zero-order chi connectivity index (χ0) is 20.9. The Morgan fingerprint density at radius 2 is 1.93 bits per heavy atom. The third-order valence-corrected chi connectivity index (χ3v) is 5.68. The molecule has 29 heavy (non-hydrogen) atoms. The van der Waals surface area contributed by atoms with Gasteiger partial charge in [0.15, 0.2) is 0 Å². The second kappa shape index (κ2) is 9.15. The van der Waals surface area contributed by atoms with Gasteiger partial charge in [0, 0.05) is 41.9 Å². The van der Waals surface area contributed by atoms with Crippen molar-refractivity contribution in [2.45, 2.75) is 19.8 Å². The van der Waals surface area contributed by atoms with E-state index in [1.807, 2.05) is 17.5 Å². The summed E-state index contributed by atoms with van der Waals surface area (Å²) in [6.07, 6.45) is 6.09. The smallest absolute Gasteiger partial charge is 0.251 e. The van der Waals surface area contributed by atoms with Crippen LogP contribution < -0.4 is 10.0 Å². The highest BCUT2D eigenvalue weighted by atomic mass is 32.2. The molecule has 7 nitrogen and oxygen atoms in total. The third kappa shape index (κ3) is 6.10. The number of carbonyl (C=O) groups excluding carboxylic acids is 1. The standard InChI is InChI=1S/C20H22N4O3S2/c1-14-5-6-16(12-17(14)24-29(2,26)27)20(25)22-9-3-4-19-23-18(13-28-19)15-7-10-21-11-8-15/h5-8,10-13,24H,3-4,9H2,1-2H3,(H,22,25). The SMILES string of the molecule is Cc1ccc(C(=O)NCCCc2nc(-c3ccncc3)cs2)cc1NS(C)(=O)=O. The van der Waals surface area contributed by atoms with E-state index in [0.29, 0.717) is 17.8 Å². The molecule has 2 N–H and O–H groups in total. The first-order chi connectivity index (χ1) is 13.8. The predicted octanol–water partition coefficient (Wildman–Crippen LogP) is 3.25. The summed E-state index contributed by atoms with van der Waals surface area (Å²) in [6.45, 7) is 2.29. The fraction of sp³-hybridized carbons (Fsp3) is 0.250. The lowest BCUT2D eigenvalue weighted by molar-refractivity contribution is 0.0953. The summed E-state index contributed by atoms with van der Waals surface area (Å²) >= 11 is 1.60. The van der Waals surface area contributed by atoms with E-state index in [4.69, 9.17) is 0 Å². The Morgan fingerprint density at radius 1 is 1.17 bits per heavy atom. The molecule has 0 atom stereocenters. The molecule has 9 heteroatoms. The molecule has 0 spiro atoms. The van der Waals surface area contributed by atoms with Gasteiger partial charge in [0.2, 0.25) is 10.0 Å². The number of rotatable bonds is 8. The van der Waals surface area contributed by atoms with Crippen LogP contribution in [0.15, 0.2) is 48.1 Å². The molecular formula is C20H22N4O3S2. The van der Waals surface area contributed by atoms with Crippen molar-refractivity contribution in [3.8, 4) is 11.3 Å². The Kier molecular flexibility index (Phi) is 6.60. The maximum Gasteiger partial charge on any atom is 0.251 e. The Labute approximate surface area is 174 Å². The number of thiazole rings is 1. The quantitative estimate of drug-likeness (QED) is 0.534. The highest BCUT2D eigenvalue weighted by molar-refractivity contribution is 7.92. The minimum atomic E-state index is -3.40. The van der Waals surface area contributed by atoms with Crippen LogP contribution in [-0.4, -0.2) is 37.1 Å². The van der Waals surface area contributed by atoms with Crippen molar-refractivity contribution in [1.29, 1.82) is 0 Å². The number of hydrogen-bond acceptors (Lipinski definition) is 6. The summed E-state index contributed by atoms with van der Waals surface area (Å²) in [5, 5.41) is 5.90. The molecule has 2 heterocycles. The van der Waals surface area contributed by atoms with Crippen LogP contribution in [0.2, 0.25) is 0 Å². The number of benzene rings is 1. The molecule has 1 amide bonds. The van der Waals surface area contributed by atoms with Crippen LogP contribution in [0.1, 0.15) is 27.3 Å². The molecule has 152 valence electrons. The number of carbonyl (C=O) groups is 1. The maximum atomic E-state index is 12.4. The van der Waals surface area contributed by atoms with Crippen LogP contribution in [0.25, 0.3) is 11.3 Å². The summed E-state index contributed by atoms with van der Waals surface area (Å²) in [5.41, 5.74) is 3.54. The monoisotopic (exact) mass is 430 g/mol. The molecule has 0 bridgehead atoms. The summed E-state index contributed by atoms with van der Waals surface area (Å²) in [7, 11) is -3.40. The van der Waals surface area contributed by atoms with E-state index >= 15 is 0 Å². The predicted molar refractivity (Wildman–Crippen MR) is 116 cm³/mol. The van der Waals surface area contributed by atoms with Gasteiger partial charge >= 0.3 is 0 Å². The molecule has 0 fully saturated rings. The summed E-state index contributed by atoms with van der Waals surface area (Å²) in [6, 6.07) is 8.80. The Bertz CT molecular complexity index is 1100. The second-order valence-electron chi connectivity index (χ2n) is 6.63. The van der Waals surface area contributed by atoms with Gasteiger partial charge in [-0.15, -0.1) is 11.3 Å². The maximum absolute atomic E-state index is 12.4. The number of hydrogen-bond donors (Lipinski definition) is 2. The van der Waals surface area contributed by atoms with Crippen molar-refractivity contribution in [2.75, 3.05) is 17.5 Å². The zero-order valence-electron chi connectivity index (χ0n) is 16.2. The zero-order valence-corrected chi connectivity index (χ0v) is 17.8. The minimum absolute atomic E-state index is 0.238. The molecule has 0 aliphatic carbocycles. The second-order valence-corrected chi connectivity index (χ2v) is 9.32. The number of nitrogens with zero attached hydrogens (tertiary/aromatic N) is 2. The Morgan fingerprint density at radius 3 is 2.66 bits per heavy atom. The average molecular weight is 431 g/mol. The number of anilines is 1. The molecule has 2 aromatic heterocycles. The molecule has 3 aromatic rings. The molecule has 3 rings (SSSR count). The minimum Gasteiger partial charge on any atom is -0.352 e. The van der Waals surface area contributed by atoms with Crippen LogP contribution in [0.3, 0.4) is 0 Å². The van der Waals surface area contributed by atoms with Gasteiger partial charge in [-0.3, -0.25) is 14.5 Å². The van der Waals surface area contributed by atoms with Gasteiger partial charge in [0.05, 0.1) is 22.6 Å². The number of aryl methyl sites for hydroxylation is 2. The normalized spacial score (nSPS) is 11.2. The Balaban J connectivity index is 1.52. The lowest BCUT2D eigenvalue weighted by atomic mass is 10.1. The highest BCUT2D eigenvalue weighted by Gasteiger charge is 2.11. The van der Waals surface area contributed by atoms with Crippen molar-refractivity contribution in [2.24, 2.45) is 0 Å². The van der Waals surface area contributed by atoms with Crippen LogP contribution in [0.4, 0.5) is 5.69 Å². The van der Waals surface area contributed by atoms with Crippen molar-refractivity contribution in [3.05, 3.63) is 64.2 Å². The summed E-state index contributed by atoms with van der Waals surface area (Å²) in [5.74, 6) is -0.238. The van der Waals surface area contributed by atoms with Crippen molar-refractivity contribution in [1.82, 2.24) is 15.3 Å². The molecule has 0 aliphatic heterocycles. The molecule has 0 unspecified atom stereocenters. The van der Waals surface area contributed by atoms with Crippen LogP contribution in [-0.2, 0) is 16.4 Å². The van der Waals surface area contributed by atoms with Crippen molar-refractivity contribution < 1.29 is 13.2 Å². The summed E-state index contributed by atoms with van der Waals surface area (Å²) < 4.78 is 25.3. The van der Waals surface area contributed by atoms with Gasteiger partial charge in [-0.1, -0.05) is 6.07 Å². The molecule has 0 saturated carbocycles. The van der Waals surface area contributed by atoms with Gasteiger partial charge in [-0.25, -0.2) is 13.4 Å². The van der Waals surface area contributed by atoms with Crippen LogP contribution >= 0.6 is 11.3 Å². The number of amides is 1. The number of nitrogens with one attached hydrogen (secondary N) is 2. The molecule has 1 aromatic carbocycles. The first-order valence-corrected chi connectivity index (χ1v) is 11.8. The third-order valence-electron chi connectivity index (χ3n) is 4.18. The molecule has 0 saturated heterocycles. The van der Waals surface area contributed by atoms with Gasteiger partial charge in [-0.05, 0) is 43.2 Å². The number of sulfonamides is 1. The van der Waals surface area contributed by atoms with Crippen molar-refractivity contribution >= 4 is 33.0 Å². The average Bonchev–Trinajstić information content (AvgIpc) is 3.15. The van der Waals surface area contributed by atoms with Crippen LogP contribution in [0, 0.1) is 6.92 Å². The van der Waals surface area contributed by atoms with E-state index in [-0.39, 0.29) is 5.91 Å². The lowest BCUT2D eigenvalue weighted by Crippen LogP contribution is -2.25. The lowest BCUT2D eigenvalue weighted by Gasteiger charge is -2.10. The highest BCUT2D eigenvalue weighted by Crippen LogP contribution is 2.22. The molecular weight excluding hydrogens is 408 g/mol. The summed E-state index contributed by atoms with van der Waals surface area (Å²) in [4.78, 5) is 21.0. The fourth-order valence-corrected chi connectivity index (χ4v) is 4.17.